The summed E-state index contributed by atoms with van der Waals surface area (Å²) in [5.74, 6) is -0.268. The van der Waals surface area contributed by atoms with Gasteiger partial charge in [-0.1, -0.05) is 12.1 Å². The molecule has 8 nitrogen and oxygen atoms in total. The average Bonchev–Trinajstić information content (AvgIpc) is 2.65. The molecule has 0 fully saturated rings. The highest BCUT2D eigenvalue weighted by atomic mass is 32.2. The molecular formula is C19H21NO7S. The van der Waals surface area contributed by atoms with E-state index in [1.807, 2.05) is 0 Å². The minimum atomic E-state index is -3.40. The number of nitrogens with one attached hydrogen (secondary N) is 1. The number of ether oxygens (including phenoxy) is 3. The van der Waals surface area contributed by atoms with Crippen molar-refractivity contribution in [2.75, 3.05) is 24.7 Å². The van der Waals surface area contributed by atoms with Gasteiger partial charge in [-0.05, 0) is 43.3 Å². The van der Waals surface area contributed by atoms with Crippen LogP contribution < -0.4 is 14.2 Å². The second-order valence-corrected chi connectivity index (χ2v) is 7.64. The number of Topliss-reactive ketones (excluding diaryl/α,β-unsaturated/α-hetero) is 1. The zero-order valence-corrected chi connectivity index (χ0v) is 16.5. The third kappa shape index (κ3) is 6.27. The van der Waals surface area contributed by atoms with Crippen LogP contribution in [0.3, 0.4) is 0 Å². The van der Waals surface area contributed by atoms with Crippen LogP contribution in [0.2, 0.25) is 0 Å². The van der Waals surface area contributed by atoms with Gasteiger partial charge in [-0.2, -0.15) is 0 Å². The predicted octanol–water partition coefficient (Wildman–Crippen LogP) is 2.26. The highest BCUT2D eigenvalue weighted by Crippen LogP contribution is 2.25. The van der Waals surface area contributed by atoms with E-state index in [2.05, 4.69) is 4.72 Å². The summed E-state index contributed by atoms with van der Waals surface area (Å²) in [7, 11) is -1.92. The summed E-state index contributed by atoms with van der Waals surface area (Å²) in [6.45, 7) is 1.07. The third-order valence-corrected chi connectivity index (χ3v) is 4.17. The molecule has 0 aliphatic heterocycles. The number of carbonyl (C=O) groups excluding carboxylic acids is 2. The summed E-state index contributed by atoms with van der Waals surface area (Å²) in [4.78, 5) is 24.3. The van der Waals surface area contributed by atoms with Crippen molar-refractivity contribution in [3.63, 3.8) is 0 Å². The Morgan fingerprint density at radius 3 is 2.21 bits per heavy atom. The summed E-state index contributed by atoms with van der Waals surface area (Å²) >= 11 is 0. The van der Waals surface area contributed by atoms with Crippen LogP contribution in [0, 0.1) is 0 Å². The standard InChI is InChI=1S/C19H21NO7S/c1-13(19(22)14-8-10-15(11-9-14)20-28(3,23)24)27-18(21)12-26-17-7-5-4-6-16(17)25-2/h4-11,13,20H,12H2,1-3H3/t13-/m1/s1. The van der Waals surface area contributed by atoms with E-state index < -0.39 is 27.9 Å². The Kier molecular flexibility index (Phi) is 7.00. The quantitative estimate of drug-likeness (QED) is 0.502. The summed E-state index contributed by atoms with van der Waals surface area (Å²) < 4.78 is 40.3. The number of anilines is 1. The van der Waals surface area contributed by atoms with Crippen molar-refractivity contribution in [3.05, 3.63) is 54.1 Å². The van der Waals surface area contributed by atoms with Crippen molar-refractivity contribution in [1.82, 2.24) is 0 Å². The number of esters is 1. The van der Waals surface area contributed by atoms with Gasteiger partial charge in [-0.3, -0.25) is 9.52 Å². The fourth-order valence-electron chi connectivity index (χ4n) is 2.31. The Hall–Kier alpha value is -3.07. The molecule has 9 heteroatoms. The van der Waals surface area contributed by atoms with E-state index in [-0.39, 0.29) is 12.2 Å². The number of rotatable bonds is 9. The van der Waals surface area contributed by atoms with Crippen LogP contribution in [0.25, 0.3) is 0 Å². The molecule has 0 unspecified atom stereocenters. The minimum absolute atomic E-state index is 0.282. The van der Waals surface area contributed by atoms with Gasteiger partial charge in [0, 0.05) is 11.3 Å². The van der Waals surface area contributed by atoms with E-state index in [9.17, 15) is 18.0 Å². The molecule has 0 aliphatic rings. The van der Waals surface area contributed by atoms with Gasteiger partial charge >= 0.3 is 5.97 Å². The Balaban J connectivity index is 1.91. The second-order valence-electron chi connectivity index (χ2n) is 5.89. The van der Waals surface area contributed by atoms with Gasteiger partial charge in [0.15, 0.2) is 24.2 Å². The molecule has 1 N–H and O–H groups in total. The van der Waals surface area contributed by atoms with Crippen LogP contribution >= 0.6 is 0 Å². The Labute approximate surface area is 163 Å². The first-order valence-corrected chi connectivity index (χ1v) is 10.2. The number of ketones is 1. The van der Waals surface area contributed by atoms with Gasteiger partial charge in [0.2, 0.25) is 15.8 Å². The zero-order valence-electron chi connectivity index (χ0n) is 15.7. The van der Waals surface area contributed by atoms with E-state index in [1.54, 1.807) is 24.3 Å². The summed E-state index contributed by atoms with van der Waals surface area (Å²) in [5, 5.41) is 0. The number of methoxy groups -OCH3 is 1. The molecular weight excluding hydrogens is 386 g/mol. The van der Waals surface area contributed by atoms with Crippen molar-refractivity contribution in [1.29, 1.82) is 0 Å². The number of carbonyl (C=O) groups is 2. The number of hydrogen-bond acceptors (Lipinski definition) is 7. The molecule has 0 saturated heterocycles. The van der Waals surface area contributed by atoms with E-state index >= 15 is 0 Å². The maximum atomic E-state index is 12.4. The Bertz CT molecular complexity index is 939. The van der Waals surface area contributed by atoms with Gasteiger partial charge in [0.1, 0.15) is 0 Å². The van der Waals surface area contributed by atoms with E-state index in [1.165, 1.54) is 38.3 Å². The maximum absolute atomic E-state index is 12.4. The fraction of sp³-hybridized carbons (Fsp3) is 0.263. The first-order valence-electron chi connectivity index (χ1n) is 8.27. The molecule has 1 atom stereocenters. The highest BCUT2D eigenvalue weighted by Gasteiger charge is 2.20. The molecule has 28 heavy (non-hydrogen) atoms. The molecule has 0 radical (unpaired) electrons. The van der Waals surface area contributed by atoms with Crippen LogP contribution in [0.15, 0.2) is 48.5 Å². The molecule has 0 bridgehead atoms. The van der Waals surface area contributed by atoms with Crippen LogP contribution in [0.4, 0.5) is 5.69 Å². The van der Waals surface area contributed by atoms with Gasteiger partial charge in [-0.25, -0.2) is 13.2 Å². The van der Waals surface area contributed by atoms with Gasteiger partial charge in [0.05, 0.1) is 13.4 Å². The molecule has 150 valence electrons. The molecule has 2 aromatic rings. The molecule has 0 aliphatic carbocycles. The molecule has 2 aromatic carbocycles. The molecule has 0 heterocycles. The predicted molar refractivity (Wildman–Crippen MR) is 103 cm³/mol. The summed E-state index contributed by atoms with van der Waals surface area (Å²) in [6, 6.07) is 12.6. The number of hydrogen-bond donors (Lipinski definition) is 1. The Morgan fingerprint density at radius 2 is 1.64 bits per heavy atom. The van der Waals surface area contributed by atoms with Crippen molar-refractivity contribution in [2.45, 2.75) is 13.0 Å². The molecule has 0 aromatic heterocycles. The normalized spacial score (nSPS) is 12.0. The number of para-hydroxylation sites is 2. The second kappa shape index (κ2) is 9.23. The lowest BCUT2D eigenvalue weighted by Gasteiger charge is -2.14. The van der Waals surface area contributed by atoms with Gasteiger partial charge in [0.25, 0.3) is 0 Å². The SMILES string of the molecule is COc1ccccc1OCC(=O)O[C@H](C)C(=O)c1ccc(NS(C)(=O)=O)cc1. The van der Waals surface area contributed by atoms with Crippen molar-refractivity contribution in [3.8, 4) is 11.5 Å². The largest absolute Gasteiger partial charge is 0.493 e. The third-order valence-electron chi connectivity index (χ3n) is 3.56. The lowest BCUT2D eigenvalue weighted by atomic mass is 10.1. The average molecular weight is 407 g/mol. The first kappa shape index (κ1) is 21.2. The van der Waals surface area contributed by atoms with Crippen molar-refractivity contribution >= 4 is 27.5 Å². The van der Waals surface area contributed by atoms with Crippen LogP contribution in [0.5, 0.6) is 11.5 Å². The van der Waals surface area contributed by atoms with Gasteiger partial charge < -0.3 is 14.2 Å². The van der Waals surface area contributed by atoms with Crippen LogP contribution in [0.1, 0.15) is 17.3 Å². The number of benzene rings is 2. The molecule has 2 rings (SSSR count). The van der Waals surface area contributed by atoms with E-state index in [0.29, 0.717) is 17.2 Å². The monoisotopic (exact) mass is 407 g/mol. The molecule has 0 saturated carbocycles. The minimum Gasteiger partial charge on any atom is -0.493 e. The summed E-state index contributed by atoms with van der Waals surface area (Å²) in [5.41, 5.74) is 0.610. The molecule has 0 amide bonds. The summed E-state index contributed by atoms with van der Waals surface area (Å²) in [6.07, 6.45) is 0.00299. The van der Waals surface area contributed by atoms with Crippen LogP contribution in [-0.4, -0.2) is 46.2 Å². The van der Waals surface area contributed by atoms with Crippen LogP contribution in [-0.2, 0) is 19.6 Å². The lowest BCUT2D eigenvalue weighted by molar-refractivity contribution is -0.148. The maximum Gasteiger partial charge on any atom is 0.344 e. The number of sulfonamides is 1. The molecule has 0 spiro atoms. The highest BCUT2D eigenvalue weighted by molar-refractivity contribution is 7.92. The lowest BCUT2D eigenvalue weighted by Crippen LogP contribution is -2.27. The smallest absolute Gasteiger partial charge is 0.344 e. The fourth-order valence-corrected chi connectivity index (χ4v) is 2.87. The van der Waals surface area contributed by atoms with E-state index in [4.69, 9.17) is 14.2 Å². The van der Waals surface area contributed by atoms with Crippen molar-refractivity contribution in [2.24, 2.45) is 0 Å². The van der Waals surface area contributed by atoms with Gasteiger partial charge in [-0.15, -0.1) is 0 Å². The first-order chi connectivity index (χ1) is 13.2. The van der Waals surface area contributed by atoms with E-state index in [0.717, 1.165) is 6.26 Å². The Morgan fingerprint density at radius 1 is 1.04 bits per heavy atom. The van der Waals surface area contributed by atoms with Crippen molar-refractivity contribution < 1.29 is 32.2 Å². The topological polar surface area (TPSA) is 108 Å². The zero-order chi connectivity index (χ0) is 20.7.